The van der Waals surface area contributed by atoms with Crippen molar-refractivity contribution >= 4 is 17.5 Å². The zero-order valence-electron chi connectivity index (χ0n) is 22.3. The van der Waals surface area contributed by atoms with Crippen LogP contribution >= 0.6 is 0 Å². The Morgan fingerprint density at radius 1 is 1.15 bits per heavy atom. The van der Waals surface area contributed by atoms with Gasteiger partial charge >= 0.3 is 5.69 Å². The number of aromatic amines is 1. The second-order valence-electron chi connectivity index (χ2n) is 8.21. The first-order chi connectivity index (χ1) is 19.2. The molecule has 0 aliphatic carbocycles. The number of aromatic nitrogens is 5. The summed E-state index contributed by atoms with van der Waals surface area (Å²) in [6, 6.07) is 11.8. The lowest BCUT2D eigenvalue weighted by atomic mass is 10.0. The fraction of sp³-hybridized carbons (Fsp3) is 0.231. The second-order valence-corrected chi connectivity index (χ2v) is 8.21. The number of methoxy groups -OCH3 is 3. The van der Waals surface area contributed by atoms with Gasteiger partial charge in [-0.05, 0) is 48.0 Å². The molecule has 2 aromatic heterocycles. The summed E-state index contributed by atoms with van der Waals surface area (Å²) in [7, 11) is 4.69. The van der Waals surface area contributed by atoms with Crippen LogP contribution in [0, 0.1) is 5.41 Å². The first-order valence-corrected chi connectivity index (χ1v) is 11.8. The molecule has 0 unspecified atom stereocenters. The molecule has 4 aromatic rings. The number of nitrogens with two attached hydrogens (primary N) is 1. The molecule has 1 atom stereocenters. The molecule has 0 radical (unpaired) electrons. The minimum Gasteiger partial charge on any atom is -0.493 e. The fourth-order valence-electron chi connectivity index (χ4n) is 3.73. The zero-order valence-corrected chi connectivity index (χ0v) is 22.3. The Hall–Kier alpha value is -5.24. The molecule has 0 saturated carbocycles. The van der Waals surface area contributed by atoms with Crippen molar-refractivity contribution in [3.05, 3.63) is 87.9 Å². The van der Waals surface area contributed by atoms with Gasteiger partial charge in [-0.2, -0.15) is 0 Å². The van der Waals surface area contributed by atoms with Crippen molar-refractivity contribution in [3.8, 4) is 17.4 Å². The number of H-pyrrole nitrogens is 1. The van der Waals surface area contributed by atoms with E-state index < -0.39 is 17.7 Å². The Morgan fingerprint density at radius 3 is 2.35 bits per heavy atom. The van der Waals surface area contributed by atoms with Crippen LogP contribution in [0.5, 0.6) is 11.5 Å². The summed E-state index contributed by atoms with van der Waals surface area (Å²) in [6.45, 7) is 1.36. The Labute approximate surface area is 229 Å². The third kappa shape index (κ3) is 7.20. The van der Waals surface area contributed by atoms with Crippen molar-refractivity contribution < 1.29 is 24.1 Å². The lowest BCUT2D eigenvalue weighted by Gasteiger charge is -2.21. The van der Waals surface area contributed by atoms with Gasteiger partial charge in [-0.25, -0.2) is 14.8 Å². The number of nitrogen functional groups attached to an aromatic ring is 1. The van der Waals surface area contributed by atoms with Crippen LogP contribution in [0.4, 0.5) is 5.69 Å². The second kappa shape index (κ2) is 13.5. The van der Waals surface area contributed by atoms with Crippen LogP contribution in [0.25, 0.3) is 5.95 Å². The number of carbonyl (C=O) groups is 1. The fourth-order valence-corrected chi connectivity index (χ4v) is 3.73. The number of nitrogens with zero attached hydrogens (tertiary/aromatic N) is 4. The van der Waals surface area contributed by atoms with Crippen molar-refractivity contribution in [3.63, 3.8) is 0 Å². The summed E-state index contributed by atoms with van der Waals surface area (Å²) < 4.78 is 17.6. The zero-order chi connectivity index (χ0) is 29.2. The van der Waals surface area contributed by atoms with E-state index in [0.717, 1.165) is 22.7 Å². The Kier molecular flexibility index (Phi) is 9.91. The van der Waals surface area contributed by atoms with Crippen molar-refractivity contribution in [1.29, 1.82) is 5.41 Å². The maximum Gasteiger partial charge on any atom is 0.350 e. The summed E-state index contributed by atoms with van der Waals surface area (Å²) in [5.41, 5.74) is 7.87. The smallest absolute Gasteiger partial charge is 0.350 e. The van der Waals surface area contributed by atoms with Gasteiger partial charge in [0.25, 0.3) is 11.9 Å². The van der Waals surface area contributed by atoms with Crippen LogP contribution < -0.4 is 26.2 Å². The Bertz CT molecular complexity index is 1500. The van der Waals surface area contributed by atoms with Crippen LogP contribution in [0.15, 0.2) is 59.7 Å². The summed E-state index contributed by atoms with van der Waals surface area (Å²) in [5.74, 6) is 0.632. The van der Waals surface area contributed by atoms with Gasteiger partial charge in [0.05, 0.1) is 20.8 Å². The van der Waals surface area contributed by atoms with Gasteiger partial charge in [-0.3, -0.25) is 15.2 Å². The number of amidine groups is 1. The predicted molar refractivity (Wildman–Crippen MR) is 146 cm³/mol. The van der Waals surface area contributed by atoms with Gasteiger partial charge < -0.3 is 30.4 Å². The van der Waals surface area contributed by atoms with Crippen LogP contribution in [0.3, 0.4) is 0 Å². The molecule has 14 heteroatoms. The molecule has 0 saturated heterocycles. The molecular formula is C26H30N8O6. The number of benzene rings is 2. The number of carboxylic acids is 1. The van der Waals surface area contributed by atoms with E-state index >= 15 is 0 Å². The number of ether oxygens (including phenoxy) is 3. The summed E-state index contributed by atoms with van der Waals surface area (Å²) >= 11 is 0. The quantitative estimate of drug-likeness (QED) is 0.143. The van der Waals surface area contributed by atoms with Crippen molar-refractivity contribution in [2.24, 2.45) is 5.73 Å². The summed E-state index contributed by atoms with van der Waals surface area (Å²) in [5, 5.41) is 22.9. The third-order valence-corrected chi connectivity index (χ3v) is 5.37. The first-order valence-electron chi connectivity index (χ1n) is 11.8. The molecule has 0 aliphatic rings. The van der Waals surface area contributed by atoms with Crippen LogP contribution in [-0.2, 0) is 16.1 Å². The number of aliphatic carboxylic acids is 1. The van der Waals surface area contributed by atoms with Gasteiger partial charge in [0.1, 0.15) is 11.9 Å². The van der Waals surface area contributed by atoms with Crippen LogP contribution in [0.1, 0.15) is 35.5 Å². The maximum absolute atomic E-state index is 12.8. The Balaban J connectivity index is 0.00000103. The van der Waals surface area contributed by atoms with E-state index in [9.17, 15) is 4.79 Å². The first kappa shape index (κ1) is 29.3. The van der Waals surface area contributed by atoms with E-state index in [1.807, 2.05) is 6.07 Å². The predicted octanol–water partition coefficient (Wildman–Crippen LogP) is 2.09. The van der Waals surface area contributed by atoms with E-state index in [1.165, 1.54) is 12.4 Å². The normalized spacial score (nSPS) is 11.1. The molecule has 0 bridgehead atoms. The molecular weight excluding hydrogens is 520 g/mol. The number of hydrogen-bond acceptors (Lipinski definition) is 10. The summed E-state index contributed by atoms with van der Waals surface area (Å²) in [6.07, 6.45) is 3.06. The highest BCUT2D eigenvalue weighted by Crippen LogP contribution is 2.37. The van der Waals surface area contributed by atoms with Crippen LogP contribution in [0.2, 0.25) is 0 Å². The van der Waals surface area contributed by atoms with E-state index in [0.29, 0.717) is 28.6 Å². The number of hydrogen-bond donors (Lipinski definition) is 5. The highest BCUT2D eigenvalue weighted by molar-refractivity contribution is 5.95. The SMILES string of the molecule is CC(=O)O.COCc1cc([C@H](Nc2ccc(C(=N)N)cc2)c2nn(-c3ncccn3)c(=O)[nH]2)cc(OC)c1OC. The molecule has 0 spiro atoms. The number of nitrogens with one attached hydrogen (secondary N) is 3. The average Bonchev–Trinajstić information content (AvgIpc) is 3.33. The van der Waals surface area contributed by atoms with E-state index in [1.54, 1.807) is 57.7 Å². The molecule has 14 nitrogen and oxygen atoms in total. The van der Waals surface area contributed by atoms with E-state index in [2.05, 4.69) is 25.4 Å². The van der Waals surface area contributed by atoms with E-state index in [-0.39, 0.29) is 18.4 Å². The molecule has 2 aromatic carbocycles. The maximum atomic E-state index is 12.8. The minimum atomic E-state index is -0.833. The summed E-state index contributed by atoms with van der Waals surface area (Å²) in [4.78, 5) is 32.8. The lowest BCUT2D eigenvalue weighted by Crippen LogP contribution is -2.18. The van der Waals surface area contributed by atoms with E-state index in [4.69, 9.17) is 35.3 Å². The number of carboxylic acid groups (broad SMARTS) is 1. The topological polar surface area (TPSA) is 203 Å². The Morgan fingerprint density at radius 2 is 1.80 bits per heavy atom. The van der Waals surface area contributed by atoms with Gasteiger partial charge in [0.15, 0.2) is 17.3 Å². The van der Waals surface area contributed by atoms with Crippen molar-refractivity contribution in [2.75, 3.05) is 26.6 Å². The van der Waals surface area contributed by atoms with Crippen molar-refractivity contribution in [2.45, 2.75) is 19.6 Å². The van der Waals surface area contributed by atoms with Crippen LogP contribution in [-0.4, -0.2) is 63.0 Å². The van der Waals surface area contributed by atoms with Crippen molar-refractivity contribution in [1.82, 2.24) is 24.7 Å². The molecule has 0 aliphatic heterocycles. The van der Waals surface area contributed by atoms with Gasteiger partial charge in [-0.15, -0.1) is 9.78 Å². The molecule has 40 heavy (non-hydrogen) atoms. The monoisotopic (exact) mass is 550 g/mol. The number of anilines is 1. The molecule has 0 fully saturated rings. The molecule has 4 rings (SSSR count). The molecule has 6 N–H and O–H groups in total. The minimum absolute atomic E-state index is 0.0341. The third-order valence-electron chi connectivity index (χ3n) is 5.37. The standard InChI is InChI=1S/C24H26N8O4.C2H4O2/c1-34-13-16-11-15(12-18(35-2)20(16)36-3)19(29-17-7-5-14(6-8-17)21(25)26)22-30-24(33)32(31-22)23-27-9-4-10-28-23;1-2(3)4/h4-12,19,29H,13H2,1-3H3,(H3,25,26)(H,30,31,33);1H3,(H,3,4)/t19-;/m0./s1. The molecule has 210 valence electrons. The molecule has 2 heterocycles. The average molecular weight is 551 g/mol. The highest BCUT2D eigenvalue weighted by atomic mass is 16.5. The van der Waals surface area contributed by atoms with Gasteiger partial charge in [0.2, 0.25) is 0 Å². The highest BCUT2D eigenvalue weighted by Gasteiger charge is 2.24. The van der Waals surface area contributed by atoms with Gasteiger partial charge in [0, 0.05) is 43.2 Å². The lowest BCUT2D eigenvalue weighted by molar-refractivity contribution is -0.134. The molecule has 0 amide bonds. The largest absolute Gasteiger partial charge is 0.493 e. The number of rotatable bonds is 10. The van der Waals surface area contributed by atoms with Gasteiger partial charge in [-0.1, -0.05) is 0 Å².